The van der Waals surface area contributed by atoms with Crippen LogP contribution in [0.1, 0.15) is 12.5 Å². The zero-order valence-corrected chi connectivity index (χ0v) is 8.58. The van der Waals surface area contributed by atoms with Crippen molar-refractivity contribution in [3.8, 4) is 0 Å². The maximum absolute atomic E-state index is 10.5. The van der Waals surface area contributed by atoms with Crippen molar-refractivity contribution in [1.82, 2.24) is 0 Å². The summed E-state index contributed by atoms with van der Waals surface area (Å²) in [6, 6.07) is 7.35. The first-order valence-electron chi connectivity index (χ1n) is 4.24. The summed E-state index contributed by atoms with van der Waals surface area (Å²) in [5, 5.41) is 9.30. The Hall–Kier alpha value is -1.28. The average molecular weight is 211 g/mol. The van der Waals surface area contributed by atoms with Crippen LogP contribution in [0, 0.1) is 0 Å². The number of halogens is 1. The molecule has 0 saturated carbocycles. The van der Waals surface area contributed by atoms with Crippen molar-refractivity contribution in [3.63, 3.8) is 0 Å². The molecule has 1 aromatic carbocycles. The highest BCUT2D eigenvalue weighted by atomic mass is 35.5. The van der Waals surface area contributed by atoms with Crippen LogP contribution >= 0.6 is 11.6 Å². The van der Waals surface area contributed by atoms with E-state index in [-0.39, 0.29) is 0 Å². The highest BCUT2D eigenvalue weighted by molar-refractivity contribution is 6.30. The highest BCUT2D eigenvalue weighted by Crippen LogP contribution is 2.10. The average Bonchev–Trinajstić information content (AvgIpc) is 2.16. The Morgan fingerprint density at radius 1 is 1.43 bits per heavy atom. The lowest BCUT2D eigenvalue weighted by Gasteiger charge is -1.97. The fourth-order valence-corrected chi connectivity index (χ4v) is 1.10. The van der Waals surface area contributed by atoms with Crippen LogP contribution < -0.4 is 0 Å². The van der Waals surface area contributed by atoms with Gasteiger partial charge >= 0.3 is 5.97 Å². The van der Waals surface area contributed by atoms with Crippen molar-refractivity contribution in [1.29, 1.82) is 0 Å². The zero-order chi connectivity index (χ0) is 10.6. The summed E-state index contributed by atoms with van der Waals surface area (Å²) in [6.45, 7) is 1.58. The van der Waals surface area contributed by atoms with Gasteiger partial charge in [-0.05, 0) is 31.0 Å². The van der Waals surface area contributed by atoms with Gasteiger partial charge in [0.25, 0.3) is 0 Å². The molecule has 74 valence electrons. The predicted octanol–water partition coefficient (Wildman–Crippen LogP) is 2.91. The Bertz CT molecular complexity index is 352. The summed E-state index contributed by atoms with van der Waals surface area (Å²) in [4.78, 5) is 10.5. The number of benzene rings is 1. The van der Waals surface area contributed by atoms with Crippen molar-refractivity contribution in [2.24, 2.45) is 0 Å². The lowest BCUT2D eigenvalue weighted by molar-refractivity contribution is -0.132. The van der Waals surface area contributed by atoms with Gasteiger partial charge in [-0.2, -0.15) is 0 Å². The van der Waals surface area contributed by atoms with E-state index in [1.807, 2.05) is 12.1 Å². The number of allylic oxidation sites excluding steroid dienone is 1. The van der Waals surface area contributed by atoms with Crippen LogP contribution in [0.25, 0.3) is 0 Å². The monoisotopic (exact) mass is 210 g/mol. The fourth-order valence-electron chi connectivity index (χ4n) is 0.979. The number of carbonyl (C=O) groups is 1. The quantitative estimate of drug-likeness (QED) is 0.779. The third-order valence-corrected chi connectivity index (χ3v) is 2.15. The van der Waals surface area contributed by atoms with E-state index in [4.69, 9.17) is 16.7 Å². The standard InChI is InChI=1S/C11H11ClO2/c1-8(11(13)14)2-3-9-4-6-10(12)7-5-9/h2,4-7H,3H2,1H3,(H,13,14). The first-order valence-corrected chi connectivity index (χ1v) is 4.62. The second kappa shape index (κ2) is 4.82. The number of carboxylic acids is 1. The van der Waals surface area contributed by atoms with Crippen LogP contribution in [0.15, 0.2) is 35.9 Å². The molecule has 2 nitrogen and oxygen atoms in total. The minimum atomic E-state index is -0.876. The van der Waals surface area contributed by atoms with Gasteiger partial charge in [-0.3, -0.25) is 0 Å². The van der Waals surface area contributed by atoms with Crippen LogP contribution in [0.4, 0.5) is 0 Å². The molecule has 0 aromatic heterocycles. The molecule has 0 saturated heterocycles. The molecule has 0 aliphatic heterocycles. The number of aliphatic carboxylic acids is 1. The Morgan fingerprint density at radius 2 is 2.00 bits per heavy atom. The van der Waals surface area contributed by atoms with E-state index in [0.717, 1.165) is 5.56 Å². The highest BCUT2D eigenvalue weighted by Gasteiger charge is 1.98. The summed E-state index contributed by atoms with van der Waals surface area (Å²) in [5.74, 6) is -0.876. The minimum absolute atomic E-state index is 0.361. The SMILES string of the molecule is CC(=CCc1ccc(Cl)cc1)C(=O)O. The van der Waals surface area contributed by atoms with E-state index < -0.39 is 5.97 Å². The van der Waals surface area contributed by atoms with Crippen molar-refractivity contribution >= 4 is 17.6 Å². The summed E-state index contributed by atoms with van der Waals surface area (Å²) >= 11 is 5.72. The number of hydrogen-bond donors (Lipinski definition) is 1. The topological polar surface area (TPSA) is 37.3 Å². The molecule has 14 heavy (non-hydrogen) atoms. The Morgan fingerprint density at radius 3 is 2.50 bits per heavy atom. The largest absolute Gasteiger partial charge is 0.478 e. The van der Waals surface area contributed by atoms with E-state index in [2.05, 4.69) is 0 Å². The van der Waals surface area contributed by atoms with Crippen LogP contribution in [0.5, 0.6) is 0 Å². The van der Waals surface area contributed by atoms with Crippen molar-refractivity contribution in [2.45, 2.75) is 13.3 Å². The minimum Gasteiger partial charge on any atom is -0.478 e. The van der Waals surface area contributed by atoms with Gasteiger partial charge in [0.2, 0.25) is 0 Å². The lowest BCUT2D eigenvalue weighted by atomic mass is 10.1. The van der Waals surface area contributed by atoms with Gasteiger partial charge < -0.3 is 5.11 Å². The second-order valence-corrected chi connectivity index (χ2v) is 3.46. The summed E-state index contributed by atoms with van der Waals surface area (Å²) in [7, 11) is 0. The molecule has 1 N–H and O–H groups in total. The van der Waals surface area contributed by atoms with E-state index in [1.54, 1.807) is 25.1 Å². The number of rotatable bonds is 3. The molecule has 0 unspecified atom stereocenters. The molecule has 1 aromatic rings. The summed E-state index contributed by atoms with van der Waals surface area (Å²) in [5.41, 5.74) is 1.41. The van der Waals surface area contributed by atoms with Crippen LogP contribution in [-0.2, 0) is 11.2 Å². The summed E-state index contributed by atoms with van der Waals surface area (Å²) < 4.78 is 0. The molecule has 0 aliphatic rings. The lowest BCUT2D eigenvalue weighted by Crippen LogP contribution is -1.96. The van der Waals surface area contributed by atoms with E-state index in [0.29, 0.717) is 17.0 Å². The van der Waals surface area contributed by atoms with Crippen LogP contribution in [-0.4, -0.2) is 11.1 Å². The van der Waals surface area contributed by atoms with Crippen molar-refractivity contribution < 1.29 is 9.90 Å². The third kappa shape index (κ3) is 3.23. The second-order valence-electron chi connectivity index (χ2n) is 3.02. The normalized spacial score (nSPS) is 11.4. The molecule has 0 spiro atoms. The van der Waals surface area contributed by atoms with Gasteiger partial charge in [0.05, 0.1) is 0 Å². The Labute approximate surface area is 87.8 Å². The maximum Gasteiger partial charge on any atom is 0.330 e. The molecule has 3 heteroatoms. The van der Waals surface area contributed by atoms with Crippen molar-refractivity contribution in [3.05, 3.63) is 46.5 Å². The number of carboxylic acid groups (broad SMARTS) is 1. The van der Waals surface area contributed by atoms with Gasteiger partial charge in [0, 0.05) is 10.6 Å². The molecule has 0 radical (unpaired) electrons. The predicted molar refractivity (Wildman–Crippen MR) is 56.5 cm³/mol. The molecule has 0 bridgehead atoms. The Balaban J connectivity index is 2.66. The van der Waals surface area contributed by atoms with Gasteiger partial charge in [0.15, 0.2) is 0 Å². The smallest absolute Gasteiger partial charge is 0.330 e. The van der Waals surface area contributed by atoms with E-state index in [9.17, 15) is 4.79 Å². The Kier molecular flexibility index (Phi) is 3.72. The van der Waals surface area contributed by atoms with Gasteiger partial charge in [0.1, 0.15) is 0 Å². The molecular formula is C11H11ClO2. The molecule has 0 aliphatic carbocycles. The fraction of sp³-hybridized carbons (Fsp3) is 0.182. The molecule has 0 atom stereocenters. The van der Waals surface area contributed by atoms with Crippen LogP contribution in [0.3, 0.4) is 0 Å². The molecular weight excluding hydrogens is 200 g/mol. The first kappa shape index (κ1) is 10.8. The van der Waals surface area contributed by atoms with Gasteiger partial charge in [-0.25, -0.2) is 4.79 Å². The maximum atomic E-state index is 10.5. The van der Waals surface area contributed by atoms with E-state index in [1.165, 1.54) is 0 Å². The molecule has 0 heterocycles. The first-order chi connectivity index (χ1) is 6.59. The molecule has 0 amide bonds. The zero-order valence-electron chi connectivity index (χ0n) is 7.83. The summed E-state index contributed by atoms with van der Waals surface area (Å²) in [6.07, 6.45) is 2.31. The van der Waals surface area contributed by atoms with Gasteiger partial charge in [-0.1, -0.05) is 29.8 Å². The van der Waals surface area contributed by atoms with Crippen molar-refractivity contribution in [2.75, 3.05) is 0 Å². The molecule has 0 fully saturated rings. The number of hydrogen-bond acceptors (Lipinski definition) is 1. The third-order valence-electron chi connectivity index (χ3n) is 1.89. The molecule has 1 rings (SSSR count). The van der Waals surface area contributed by atoms with E-state index >= 15 is 0 Å². The van der Waals surface area contributed by atoms with Crippen LogP contribution in [0.2, 0.25) is 5.02 Å². The van der Waals surface area contributed by atoms with Gasteiger partial charge in [-0.15, -0.1) is 0 Å².